The van der Waals surface area contributed by atoms with E-state index in [4.69, 9.17) is 9.47 Å². The normalized spacial score (nSPS) is 21.1. The molecule has 1 fully saturated rings. The van der Waals surface area contributed by atoms with E-state index in [-0.39, 0.29) is 12.0 Å². The number of esters is 1. The van der Waals surface area contributed by atoms with Gasteiger partial charge in [-0.15, -0.1) is 0 Å². The second-order valence-electron chi connectivity index (χ2n) is 3.10. The van der Waals surface area contributed by atoms with Gasteiger partial charge in [-0.2, -0.15) is 0 Å². The molecule has 76 valence electrons. The minimum Gasteiger partial charge on any atom is -0.468 e. The Morgan fingerprint density at radius 2 is 2.15 bits per heavy atom. The molecule has 0 amide bonds. The lowest BCUT2D eigenvalue weighted by Crippen LogP contribution is -2.47. The van der Waals surface area contributed by atoms with Gasteiger partial charge in [-0.25, -0.2) is 0 Å². The summed E-state index contributed by atoms with van der Waals surface area (Å²) in [5, 5.41) is 0. The fraction of sp³-hybridized carbons (Fsp3) is 0.889. The molecule has 1 aliphatic heterocycles. The standard InChI is InChI=1S/C9H17NO3/c1-3-8(9(11)12-2)10-4-6-13-7-5-10/h8H,3-7H2,1-2H3/t8-/m1/s1. The van der Waals surface area contributed by atoms with Gasteiger partial charge in [-0.3, -0.25) is 9.69 Å². The highest BCUT2D eigenvalue weighted by Crippen LogP contribution is 2.08. The minimum absolute atomic E-state index is 0.0890. The van der Waals surface area contributed by atoms with Crippen LogP contribution in [0.1, 0.15) is 13.3 Å². The summed E-state index contributed by atoms with van der Waals surface area (Å²) in [6, 6.07) is -0.0890. The number of methoxy groups -OCH3 is 1. The molecular weight excluding hydrogens is 170 g/mol. The quantitative estimate of drug-likeness (QED) is 0.594. The topological polar surface area (TPSA) is 38.8 Å². The van der Waals surface area contributed by atoms with Crippen molar-refractivity contribution in [3.63, 3.8) is 0 Å². The first kappa shape index (κ1) is 10.5. The van der Waals surface area contributed by atoms with E-state index in [0.717, 1.165) is 19.5 Å². The van der Waals surface area contributed by atoms with Gasteiger partial charge in [0.1, 0.15) is 6.04 Å². The Labute approximate surface area is 78.8 Å². The molecule has 0 bridgehead atoms. The lowest BCUT2D eigenvalue weighted by molar-refractivity contribution is -0.148. The van der Waals surface area contributed by atoms with E-state index in [1.165, 1.54) is 7.11 Å². The largest absolute Gasteiger partial charge is 0.468 e. The van der Waals surface area contributed by atoms with Gasteiger partial charge in [-0.1, -0.05) is 6.92 Å². The highest BCUT2D eigenvalue weighted by molar-refractivity contribution is 5.75. The van der Waals surface area contributed by atoms with Gasteiger partial charge in [0, 0.05) is 13.1 Å². The lowest BCUT2D eigenvalue weighted by Gasteiger charge is -2.31. The van der Waals surface area contributed by atoms with Crippen molar-refractivity contribution >= 4 is 5.97 Å². The Morgan fingerprint density at radius 3 is 2.62 bits per heavy atom. The molecular formula is C9H17NO3. The summed E-state index contributed by atoms with van der Waals surface area (Å²) in [7, 11) is 1.44. The van der Waals surface area contributed by atoms with Crippen LogP contribution in [0, 0.1) is 0 Å². The molecule has 4 heteroatoms. The van der Waals surface area contributed by atoms with Crippen LogP contribution >= 0.6 is 0 Å². The number of hydrogen-bond acceptors (Lipinski definition) is 4. The van der Waals surface area contributed by atoms with E-state index in [2.05, 4.69) is 4.90 Å². The van der Waals surface area contributed by atoms with E-state index < -0.39 is 0 Å². The fourth-order valence-electron chi connectivity index (χ4n) is 1.60. The number of nitrogens with zero attached hydrogens (tertiary/aromatic N) is 1. The van der Waals surface area contributed by atoms with E-state index in [1.54, 1.807) is 0 Å². The van der Waals surface area contributed by atoms with Crippen LogP contribution in [0.5, 0.6) is 0 Å². The molecule has 1 aliphatic rings. The smallest absolute Gasteiger partial charge is 0.323 e. The van der Waals surface area contributed by atoms with E-state index in [9.17, 15) is 4.79 Å². The zero-order chi connectivity index (χ0) is 9.68. The van der Waals surface area contributed by atoms with Crippen LogP contribution in [0.25, 0.3) is 0 Å². The first-order valence-electron chi connectivity index (χ1n) is 4.69. The van der Waals surface area contributed by atoms with Gasteiger partial charge >= 0.3 is 5.97 Å². The zero-order valence-electron chi connectivity index (χ0n) is 8.28. The van der Waals surface area contributed by atoms with Crippen LogP contribution in [-0.2, 0) is 14.3 Å². The first-order chi connectivity index (χ1) is 6.29. The average molecular weight is 187 g/mol. The molecule has 0 aliphatic carbocycles. The molecule has 0 aromatic rings. The minimum atomic E-state index is -0.135. The van der Waals surface area contributed by atoms with Crippen molar-refractivity contribution in [2.24, 2.45) is 0 Å². The van der Waals surface area contributed by atoms with Crippen LogP contribution in [0.15, 0.2) is 0 Å². The molecule has 0 N–H and O–H groups in total. The van der Waals surface area contributed by atoms with Gasteiger partial charge in [0.2, 0.25) is 0 Å². The summed E-state index contributed by atoms with van der Waals surface area (Å²) in [4.78, 5) is 13.5. The second-order valence-corrected chi connectivity index (χ2v) is 3.10. The van der Waals surface area contributed by atoms with Crippen molar-refractivity contribution in [1.82, 2.24) is 4.90 Å². The Balaban J connectivity index is 2.48. The highest BCUT2D eigenvalue weighted by atomic mass is 16.5. The number of carbonyl (C=O) groups is 1. The third-order valence-corrected chi connectivity index (χ3v) is 2.35. The Bertz CT molecular complexity index is 166. The Kier molecular flexibility index (Phi) is 4.18. The third-order valence-electron chi connectivity index (χ3n) is 2.35. The van der Waals surface area contributed by atoms with Crippen molar-refractivity contribution in [3.05, 3.63) is 0 Å². The second kappa shape index (κ2) is 5.19. The number of ether oxygens (including phenoxy) is 2. The van der Waals surface area contributed by atoms with Gasteiger partial charge in [0.15, 0.2) is 0 Å². The van der Waals surface area contributed by atoms with Crippen LogP contribution in [0.3, 0.4) is 0 Å². The molecule has 0 aromatic heterocycles. The van der Waals surface area contributed by atoms with Crippen LogP contribution < -0.4 is 0 Å². The molecule has 0 saturated carbocycles. The van der Waals surface area contributed by atoms with Crippen molar-refractivity contribution in [2.75, 3.05) is 33.4 Å². The maximum atomic E-state index is 11.3. The SMILES string of the molecule is CC[C@H](C(=O)OC)N1CCOCC1. The van der Waals surface area contributed by atoms with Gasteiger partial charge in [0.25, 0.3) is 0 Å². The summed E-state index contributed by atoms with van der Waals surface area (Å²) < 4.78 is 9.95. The lowest BCUT2D eigenvalue weighted by atomic mass is 10.2. The summed E-state index contributed by atoms with van der Waals surface area (Å²) in [6.45, 7) is 5.08. The van der Waals surface area contributed by atoms with E-state index in [0.29, 0.717) is 13.2 Å². The Morgan fingerprint density at radius 1 is 1.54 bits per heavy atom. The number of carbonyl (C=O) groups excluding carboxylic acids is 1. The van der Waals surface area contributed by atoms with Crippen LogP contribution in [-0.4, -0.2) is 50.3 Å². The van der Waals surface area contributed by atoms with Crippen molar-refractivity contribution in [3.8, 4) is 0 Å². The predicted octanol–water partition coefficient (Wildman–Crippen LogP) is 0.270. The van der Waals surface area contributed by atoms with Crippen LogP contribution in [0.2, 0.25) is 0 Å². The number of morpholine rings is 1. The van der Waals surface area contributed by atoms with E-state index >= 15 is 0 Å². The predicted molar refractivity (Wildman–Crippen MR) is 48.5 cm³/mol. The maximum absolute atomic E-state index is 11.3. The molecule has 4 nitrogen and oxygen atoms in total. The molecule has 0 aromatic carbocycles. The average Bonchev–Trinajstić information content (AvgIpc) is 2.20. The summed E-state index contributed by atoms with van der Waals surface area (Å²) in [5.74, 6) is -0.135. The molecule has 1 rings (SSSR count). The highest BCUT2D eigenvalue weighted by Gasteiger charge is 2.26. The first-order valence-corrected chi connectivity index (χ1v) is 4.69. The van der Waals surface area contributed by atoms with E-state index in [1.807, 2.05) is 6.92 Å². The summed E-state index contributed by atoms with van der Waals surface area (Å²) in [5.41, 5.74) is 0. The van der Waals surface area contributed by atoms with Crippen LogP contribution in [0.4, 0.5) is 0 Å². The maximum Gasteiger partial charge on any atom is 0.323 e. The van der Waals surface area contributed by atoms with Crippen molar-refractivity contribution in [2.45, 2.75) is 19.4 Å². The van der Waals surface area contributed by atoms with Gasteiger partial charge in [0.05, 0.1) is 20.3 Å². The fourth-order valence-corrected chi connectivity index (χ4v) is 1.60. The third kappa shape index (κ3) is 2.67. The molecule has 0 spiro atoms. The molecule has 13 heavy (non-hydrogen) atoms. The van der Waals surface area contributed by atoms with Crippen molar-refractivity contribution in [1.29, 1.82) is 0 Å². The Hall–Kier alpha value is -0.610. The molecule has 1 heterocycles. The van der Waals surface area contributed by atoms with Crippen molar-refractivity contribution < 1.29 is 14.3 Å². The number of hydrogen-bond donors (Lipinski definition) is 0. The summed E-state index contributed by atoms with van der Waals surface area (Å²) >= 11 is 0. The van der Waals surface area contributed by atoms with Gasteiger partial charge < -0.3 is 9.47 Å². The molecule has 1 saturated heterocycles. The van der Waals surface area contributed by atoms with Gasteiger partial charge in [-0.05, 0) is 6.42 Å². The monoisotopic (exact) mass is 187 g/mol. The zero-order valence-corrected chi connectivity index (χ0v) is 8.28. The number of rotatable bonds is 3. The summed E-state index contributed by atoms with van der Waals surface area (Å²) in [6.07, 6.45) is 0.798. The molecule has 0 unspecified atom stereocenters. The molecule has 0 radical (unpaired) electrons. The molecule has 1 atom stereocenters.